The van der Waals surface area contributed by atoms with E-state index in [1.54, 1.807) is 30.3 Å². The standard InChI is InChI=1S/C16H15ClN2O5S/c1-10(15(20)19-11-5-3-2-4-6-11)24-16(21)13-9-12(25(18,22)23)7-8-14(13)17/h2-10H,1H3,(H,19,20)(H2,18,22,23). The third kappa shape index (κ3) is 5.02. The van der Waals surface area contributed by atoms with Gasteiger partial charge in [-0.3, -0.25) is 4.79 Å². The Balaban J connectivity index is 2.12. The van der Waals surface area contributed by atoms with Crippen LogP contribution in [0.5, 0.6) is 0 Å². The number of halogens is 1. The minimum Gasteiger partial charge on any atom is -0.449 e. The SMILES string of the molecule is CC(OC(=O)c1cc(S(N)(=O)=O)ccc1Cl)C(=O)Nc1ccccc1. The van der Waals surface area contributed by atoms with Crippen molar-refractivity contribution in [3.8, 4) is 0 Å². The fourth-order valence-corrected chi connectivity index (χ4v) is 2.62. The van der Waals surface area contributed by atoms with E-state index >= 15 is 0 Å². The van der Waals surface area contributed by atoms with E-state index in [9.17, 15) is 18.0 Å². The first-order chi connectivity index (χ1) is 11.7. The van der Waals surface area contributed by atoms with E-state index in [-0.39, 0.29) is 15.5 Å². The molecule has 132 valence electrons. The van der Waals surface area contributed by atoms with Crippen molar-refractivity contribution in [2.75, 3.05) is 5.32 Å². The van der Waals surface area contributed by atoms with Crippen LogP contribution < -0.4 is 10.5 Å². The van der Waals surface area contributed by atoms with Crippen LogP contribution in [-0.4, -0.2) is 26.4 Å². The van der Waals surface area contributed by atoms with Gasteiger partial charge in [-0.2, -0.15) is 0 Å². The second kappa shape index (κ2) is 7.64. The highest BCUT2D eigenvalue weighted by atomic mass is 35.5. The molecule has 25 heavy (non-hydrogen) atoms. The number of primary sulfonamides is 1. The second-order valence-corrected chi connectivity index (χ2v) is 7.06. The summed E-state index contributed by atoms with van der Waals surface area (Å²) in [7, 11) is -4.01. The summed E-state index contributed by atoms with van der Waals surface area (Å²) in [6.07, 6.45) is -1.12. The van der Waals surface area contributed by atoms with E-state index < -0.39 is 28.0 Å². The van der Waals surface area contributed by atoms with Gasteiger partial charge in [0.25, 0.3) is 5.91 Å². The molecule has 1 amide bonds. The van der Waals surface area contributed by atoms with Crippen LogP contribution in [-0.2, 0) is 19.6 Å². The van der Waals surface area contributed by atoms with Gasteiger partial charge in [-0.25, -0.2) is 18.4 Å². The third-order valence-corrected chi connectivity index (χ3v) is 4.42. The smallest absolute Gasteiger partial charge is 0.340 e. The van der Waals surface area contributed by atoms with E-state index in [1.807, 2.05) is 0 Å². The number of carbonyl (C=O) groups is 2. The first kappa shape index (κ1) is 18.9. The molecule has 0 saturated carbocycles. The van der Waals surface area contributed by atoms with Gasteiger partial charge in [0.1, 0.15) is 0 Å². The van der Waals surface area contributed by atoms with Crippen molar-refractivity contribution < 1.29 is 22.7 Å². The number of sulfonamides is 1. The van der Waals surface area contributed by atoms with Gasteiger partial charge in [0.05, 0.1) is 15.5 Å². The number of hydrogen-bond acceptors (Lipinski definition) is 5. The van der Waals surface area contributed by atoms with Gasteiger partial charge in [0.15, 0.2) is 6.10 Å². The maximum absolute atomic E-state index is 12.2. The number of rotatable bonds is 5. The Morgan fingerprint density at radius 1 is 1.16 bits per heavy atom. The lowest BCUT2D eigenvalue weighted by atomic mass is 10.2. The summed E-state index contributed by atoms with van der Waals surface area (Å²) in [5, 5.41) is 7.59. The number of hydrogen-bond donors (Lipinski definition) is 2. The van der Waals surface area contributed by atoms with E-state index in [1.165, 1.54) is 19.1 Å². The van der Waals surface area contributed by atoms with Crippen molar-refractivity contribution in [1.82, 2.24) is 0 Å². The largest absolute Gasteiger partial charge is 0.449 e. The van der Waals surface area contributed by atoms with Gasteiger partial charge in [-0.1, -0.05) is 29.8 Å². The normalized spacial score (nSPS) is 12.3. The maximum atomic E-state index is 12.2. The zero-order valence-corrected chi connectivity index (χ0v) is 14.7. The van der Waals surface area contributed by atoms with Crippen molar-refractivity contribution in [3.05, 3.63) is 59.1 Å². The quantitative estimate of drug-likeness (QED) is 0.769. The van der Waals surface area contributed by atoms with Crippen LogP contribution in [0.1, 0.15) is 17.3 Å². The van der Waals surface area contributed by atoms with E-state index in [2.05, 4.69) is 5.32 Å². The summed E-state index contributed by atoms with van der Waals surface area (Å²) in [4.78, 5) is 24.0. The number of para-hydroxylation sites is 1. The van der Waals surface area contributed by atoms with Crippen LogP contribution in [0.15, 0.2) is 53.4 Å². The van der Waals surface area contributed by atoms with Gasteiger partial charge in [-0.05, 0) is 37.3 Å². The average Bonchev–Trinajstić information content (AvgIpc) is 2.54. The topological polar surface area (TPSA) is 116 Å². The molecule has 2 aromatic rings. The van der Waals surface area contributed by atoms with Crippen LogP contribution in [0.2, 0.25) is 5.02 Å². The summed E-state index contributed by atoms with van der Waals surface area (Å²) in [5.41, 5.74) is 0.345. The Morgan fingerprint density at radius 2 is 1.80 bits per heavy atom. The first-order valence-electron chi connectivity index (χ1n) is 7.07. The summed E-state index contributed by atoms with van der Waals surface area (Å²) in [6, 6.07) is 12.0. The zero-order chi connectivity index (χ0) is 18.6. The minimum atomic E-state index is -4.01. The lowest BCUT2D eigenvalue weighted by Crippen LogP contribution is -2.30. The van der Waals surface area contributed by atoms with Crippen molar-refractivity contribution in [3.63, 3.8) is 0 Å². The molecule has 0 aromatic heterocycles. The molecule has 0 bridgehead atoms. The summed E-state index contributed by atoms with van der Waals surface area (Å²) >= 11 is 5.90. The van der Waals surface area contributed by atoms with Gasteiger partial charge in [-0.15, -0.1) is 0 Å². The van der Waals surface area contributed by atoms with Crippen LogP contribution in [0.3, 0.4) is 0 Å². The number of nitrogens with one attached hydrogen (secondary N) is 1. The minimum absolute atomic E-state index is 0.0203. The molecular weight excluding hydrogens is 368 g/mol. The fourth-order valence-electron chi connectivity index (χ4n) is 1.88. The first-order valence-corrected chi connectivity index (χ1v) is 9.00. The molecule has 0 aliphatic carbocycles. The molecule has 1 unspecified atom stereocenters. The Hall–Kier alpha value is -2.42. The highest BCUT2D eigenvalue weighted by Gasteiger charge is 2.22. The van der Waals surface area contributed by atoms with E-state index in [0.717, 1.165) is 6.07 Å². The van der Waals surface area contributed by atoms with Gasteiger partial charge >= 0.3 is 5.97 Å². The van der Waals surface area contributed by atoms with E-state index in [4.69, 9.17) is 21.5 Å². The third-order valence-electron chi connectivity index (χ3n) is 3.18. The van der Waals surface area contributed by atoms with Crippen molar-refractivity contribution in [2.24, 2.45) is 5.14 Å². The molecule has 9 heteroatoms. The maximum Gasteiger partial charge on any atom is 0.340 e. The molecule has 0 saturated heterocycles. The highest BCUT2D eigenvalue weighted by Crippen LogP contribution is 2.21. The number of benzene rings is 2. The van der Waals surface area contributed by atoms with Crippen LogP contribution in [0.4, 0.5) is 5.69 Å². The van der Waals surface area contributed by atoms with Gasteiger partial charge in [0.2, 0.25) is 10.0 Å². The van der Waals surface area contributed by atoms with Crippen LogP contribution in [0, 0.1) is 0 Å². The fraction of sp³-hybridized carbons (Fsp3) is 0.125. The molecule has 0 aliphatic rings. The Bertz CT molecular complexity index is 900. The number of ether oxygens (including phenoxy) is 1. The monoisotopic (exact) mass is 382 g/mol. The number of amides is 1. The predicted octanol–water partition coefficient (Wildman–Crippen LogP) is 2.17. The lowest BCUT2D eigenvalue weighted by Gasteiger charge is -2.14. The molecule has 0 aliphatic heterocycles. The molecular formula is C16H15ClN2O5S. The van der Waals surface area contributed by atoms with Gasteiger partial charge < -0.3 is 10.1 Å². The molecule has 3 N–H and O–H groups in total. The molecule has 2 rings (SSSR count). The Kier molecular flexibility index (Phi) is 5.78. The Morgan fingerprint density at radius 3 is 2.40 bits per heavy atom. The van der Waals surface area contributed by atoms with Crippen molar-refractivity contribution in [1.29, 1.82) is 0 Å². The zero-order valence-electron chi connectivity index (χ0n) is 13.1. The molecule has 0 fully saturated rings. The van der Waals surface area contributed by atoms with Gasteiger partial charge in [0, 0.05) is 5.69 Å². The molecule has 7 nitrogen and oxygen atoms in total. The van der Waals surface area contributed by atoms with Crippen molar-refractivity contribution in [2.45, 2.75) is 17.9 Å². The molecule has 2 aromatic carbocycles. The average molecular weight is 383 g/mol. The summed E-state index contributed by atoms with van der Waals surface area (Å²) in [6.45, 7) is 1.38. The number of esters is 1. The Labute approximate surface area is 149 Å². The van der Waals surface area contributed by atoms with Crippen molar-refractivity contribution >= 4 is 39.2 Å². The lowest BCUT2D eigenvalue weighted by molar-refractivity contribution is -0.123. The number of carbonyl (C=O) groups excluding carboxylic acids is 2. The summed E-state index contributed by atoms with van der Waals surface area (Å²) in [5.74, 6) is -1.48. The molecule has 1 atom stereocenters. The second-order valence-electron chi connectivity index (χ2n) is 5.09. The number of nitrogens with two attached hydrogens (primary N) is 1. The molecule has 0 heterocycles. The van der Waals surface area contributed by atoms with Crippen LogP contribution >= 0.6 is 11.6 Å². The molecule has 0 radical (unpaired) electrons. The van der Waals surface area contributed by atoms with E-state index in [0.29, 0.717) is 5.69 Å². The predicted molar refractivity (Wildman–Crippen MR) is 92.8 cm³/mol. The molecule has 0 spiro atoms. The highest BCUT2D eigenvalue weighted by molar-refractivity contribution is 7.89. The summed E-state index contributed by atoms with van der Waals surface area (Å²) < 4.78 is 27.8. The number of anilines is 1. The van der Waals surface area contributed by atoms with Crippen LogP contribution in [0.25, 0.3) is 0 Å².